The Morgan fingerprint density at radius 1 is 1.15 bits per heavy atom. The van der Waals surface area contributed by atoms with Crippen molar-refractivity contribution in [3.8, 4) is 0 Å². The number of carbonyl (C=O) groups excluding carboxylic acids is 2. The lowest BCUT2D eigenvalue weighted by molar-refractivity contribution is -0.122. The minimum absolute atomic E-state index is 0.0851. The van der Waals surface area contributed by atoms with Crippen LogP contribution in [0.15, 0.2) is 42.5 Å². The summed E-state index contributed by atoms with van der Waals surface area (Å²) in [5.41, 5.74) is 3.38. The lowest BCUT2D eigenvalue weighted by Gasteiger charge is -2.19. The quantitative estimate of drug-likeness (QED) is 0.886. The Morgan fingerprint density at radius 2 is 1.92 bits per heavy atom. The fourth-order valence-corrected chi connectivity index (χ4v) is 3.10. The lowest BCUT2D eigenvalue weighted by atomic mass is 10.1. The highest BCUT2D eigenvalue weighted by molar-refractivity contribution is 6.04. The molecule has 3 rings (SSSR count). The molecule has 6 nitrogen and oxygen atoms in total. The molecule has 1 fully saturated rings. The van der Waals surface area contributed by atoms with Crippen LogP contribution in [0.1, 0.15) is 27.9 Å². The van der Waals surface area contributed by atoms with Gasteiger partial charge in [0, 0.05) is 24.3 Å². The molecule has 0 unspecified atom stereocenters. The molecule has 0 aliphatic carbocycles. The van der Waals surface area contributed by atoms with E-state index in [4.69, 9.17) is 5.11 Å². The third-order valence-corrected chi connectivity index (χ3v) is 4.53. The van der Waals surface area contributed by atoms with Crippen molar-refractivity contribution in [1.82, 2.24) is 0 Å². The van der Waals surface area contributed by atoms with E-state index in [1.165, 1.54) is 12.1 Å². The Hall–Kier alpha value is -3.15. The molecule has 0 saturated carbocycles. The molecule has 1 aliphatic rings. The summed E-state index contributed by atoms with van der Waals surface area (Å²) in [6, 6.07) is 12.0. The number of rotatable bonds is 4. The van der Waals surface area contributed by atoms with Crippen molar-refractivity contribution >= 4 is 29.2 Å². The Morgan fingerprint density at radius 3 is 2.65 bits per heavy atom. The van der Waals surface area contributed by atoms with E-state index in [0.717, 1.165) is 16.8 Å². The first kappa shape index (κ1) is 17.7. The molecule has 6 heteroatoms. The maximum absolute atomic E-state index is 12.5. The minimum atomic E-state index is -1.06. The highest BCUT2D eigenvalue weighted by Crippen LogP contribution is 2.29. The number of carbonyl (C=O) groups is 3. The summed E-state index contributed by atoms with van der Waals surface area (Å²) < 4.78 is 0. The van der Waals surface area contributed by atoms with Crippen molar-refractivity contribution in [2.24, 2.45) is 5.92 Å². The first-order chi connectivity index (χ1) is 12.3. The van der Waals surface area contributed by atoms with Crippen LogP contribution in [0.2, 0.25) is 0 Å². The Balaban J connectivity index is 1.74. The summed E-state index contributed by atoms with van der Waals surface area (Å²) in [7, 11) is 0. The average molecular weight is 352 g/mol. The Labute approximate surface area is 151 Å². The predicted octanol–water partition coefficient (Wildman–Crippen LogP) is 2.99. The lowest BCUT2D eigenvalue weighted by Crippen LogP contribution is -2.28. The molecule has 1 atom stereocenters. The standard InChI is InChI=1S/C20H20N2O4/c1-12-6-7-13(2)17(8-12)22-11-15(10-18(22)23)19(24)21-16-5-3-4-14(9-16)20(25)26/h3-9,15H,10-11H2,1-2H3,(H,21,24)(H,25,26)/t15-/m1/s1. The predicted molar refractivity (Wildman–Crippen MR) is 98.4 cm³/mol. The van der Waals surface area contributed by atoms with Gasteiger partial charge >= 0.3 is 5.97 Å². The van der Waals surface area contributed by atoms with Crippen LogP contribution in [0, 0.1) is 19.8 Å². The molecule has 134 valence electrons. The van der Waals surface area contributed by atoms with Gasteiger partial charge in [-0.05, 0) is 49.2 Å². The molecule has 1 saturated heterocycles. The zero-order valence-electron chi connectivity index (χ0n) is 14.7. The third-order valence-electron chi connectivity index (χ3n) is 4.53. The van der Waals surface area contributed by atoms with Crippen molar-refractivity contribution in [2.45, 2.75) is 20.3 Å². The van der Waals surface area contributed by atoms with Gasteiger partial charge in [0.2, 0.25) is 11.8 Å². The monoisotopic (exact) mass is 352 g/mol. The van der Waals surface area contributed by atoms with Crippen LogP contribution >= 0.6 is 0 Å². The van der Waals surface area contributed by atoms with Gasteiger partial charge in [0.05, 0.1) is 11.5 Å². The minimum Gasteiger partial charge on any atom is -0.478 e. The molecule has 1 aliphatic heterocycles. The molecule has 2 aromatic rings. The van der Waals surface area contributed by atoms with Gasteiger partial charge in [-0.15, -0.1) is 0 Å². The topological polar surface area (TPSA) is 86.7 Å². The molecule has 0 spiro atoms. The van der Waals surface area contributed by atoms with Gasteiger partial charge in [0.1, 0.15) is 0 Å². The summed E-state index contributed by atoms with van der Waals surface area (Å²) in [5.74, 6) is -1.90. The molecule has 0 radical (unpaired) electrons. The number of anilines is 2. The molecular weight excluding hydrogens is 332 g/mol. The van der Waals surface area contributed by atoms with E-state index in [2.05, 4.69) is 5.32 Å². The third kappa shape index (κ3) is 3.59. The van der Waals surface area contributed by atoms with Gasteiger partial charge in [0.15, 0.2) is 0 Å². The molecule has 2 amide bonds. The van der Waals surface area contributed by atoms with Crippen LogP contribution in [-0.4, -0.2) is 29.4 Å². The van der Waals surface area contributed by atoms with Crippen LogP contribution in [-0.2, 0) is 9.59 Å². The molecule has 0 bridgehead atoms. The van der Waals surface area contributed by atoms with Crippen LogP contribution in [0.4, 0.5) is 11.4 Å². The fraction of sp³-hybridized carbons (Fsp3) is 0.250. The van der Waals surface area contributed by atoms with Gasteiger partial charge in [-0.2, -0.15) is 0 Å². The number of nitrogens with one attached hydrogen (secondary N) is 1. The number of benzene rings is 2. The van der Waals surface area contributed by atoms with Gasteiger partial charge < -0.3 is 15.3 Å². The van der Waals surface area contributed by atoms with E-state index < -0.39 is 11.9 Å². The summed E-state index contributed by atoms with van der Waals surface area (Å²) in [5, 5.41) is 11.8. The SMILES string of the molecule is Cc1ccc(C)c(N2C[C@H](C(=O)Nc3cccc(C(=O)O)c3)CC2=O)c1. The largest absolute Gasteiger partial charge is 0.478 e. The first-order valence-corrected chi connectivity index (χ1v) is 8.37. The second-order valence-electron chi connectivity index (χ2n) is 6.57. The van der Waals surface area contributed by atoms with E-state index in [1.54, 1.807) is 17.0 Å². The van der Waals surface area contributed by atoms with E-state index in [1.807, 2.05) is 32.0 Å². The second kappa shape index (κ2) is 7.00. The Kier molecular flexibility index (Phi) is 4.75. The van der Waals surface area contributed by atoms with E-state index in [0.29, 0.717) is 12.2 Å². The maximum Gasteiger partial charge on any atom is 0.335 e. The second-order valence-corrected chi connectivity index (χ2v) is 6.57. The van der Waals surface area contributed by atoms with Gasteiger partial charge in [-0.25, -0.2) is 4.79 Å². The molecule has 1 heterocycles. The number of carboxylic acid groups (broad SMARTS) is 1. The molecule has 0 aromatic heterocycles. The molecular formula is C20H20N2O4. The van der Waals surface area contributed by atoms with Gasteiger partial charge in [-0.3, -0.25) is 9.59 Å². The average Bonchev–Trinajstić information content (AvgIpc) is 2.99. The van der Waals surface area contributed by atoms with Crippen molar-refractivity contribution in [3.05, 3.63) is 59.2 Å². The zero-order chi connectivity index (χ0) is 18.8. The normalized spacial score (nSPS) is 16.6. The van der Waals surface area contributed by atoms with Gasteiger partial charge in [0.25, 0.3) is 0 Å². The summed E-state index contributed by atoms with van der Waals surface area (Å²) in [6.45, 7) is 4.21. The number of hydrogen-bond donors (Lipinski definition) is 2. The number of aromatic carboxylic acids is 1. The number of amides is 2. The first-order valence-electron chi connectivity index (χ1n) is 8.37. The maximum atomic E-state index is 12.5. The smallest absolute Gasteiger partial charge is 0.335 e. The van der Waals surface area contributed by atoms with Crippen molar-refractivity contribution in [3.63, 3.8) is 0 Å². The summed E-state index contributed by atoms with van der Waals surface area (Å²) >= 11 is 0. The van der Waals surface area contributed by atoms with Crippen molar-refractivity contribution < 1.29 is 19.5 Å². The highest BCUT2D eigenvalue weighted by Gasteiger charge is 2.35. The fourth-order valence-electron chi connectivity index (χ4n) is 3.10. The molecule has 26 heavy (non-hydrogen) atoms. The molecule has 2 N–H and O–H groups in total. The van der Waals surface area contributed by atoms with E-state index >= 15 is 0 Å². The number of hydrogen-bond acceptors (Lipinski definition) is 3. The van der Waals surface area contributed by atoms with Gasteiger partial charge in [-0.1, -0.05) is 18.2 Å². The van der Waals surface area contributed by atoms with Crippen LogP contribution in [0.25, 0.3) is 0 Å². The molecule has 2 aromatic carbocycles. The zero-order valence-corrected chi connectivity index (χ0v) is 14.7. The van der Waals surface area contributed by atoms with Crippen LogP contribution < -0.4 is 10.2 Å². The Bertz CT molecular complexity index is 891. The van der Waals surface area contributed by atoms with E-state index in [-0.39, 0.29) is 23.8 Å². The highest BCUT2D eigenvalue weighted by atomic mass is 16.4. The van der Waals surface area contributed by atoms with Crippen molar-refractivity contribution in [1.29, 1.82) is 0 Å². The number of aryl methyl sites for hydroxylation is 2. The van der Waals surface area contributed by atoms with Crippen molar-refractivity contribution in [2.75, 3.05) is 16.8 Å². The number of carboxylic acids is 1. The summed E-state index contributed by atoms with van der Waals surface area (Å²) in [6.07, 6.45) is 0.137. The van der Waals surface area contributed by atoms with Crippen LogP contribution in [0.3, 0.4) is 0 Å². The summed E-state index contributed by atoms with van der Waals surface area (Å²) in [4.78, 5) is 37.6. The number of nitrogens with zero attached hydrogens (tertiary/aromatic N) is 1. The van der Waals surface area contributed by atoms with E-state index in [9.17, 15) is 14.4 Å². The van der Waals surface area contributed by atoms with Crippen LogP contribution in [0.5, 0.6) is 0 Å².